The van der Waals surface area contributed by atoms with Gasteiger partial charge in [-0.15, -0.1) is 24.8 Å². The molecule has 3 rings (SSSR count). The fourth-order valence-electron chi connectivity index (χ4n) is 4.33. The van der Waals surface area contributed by atoms with Crippen LogP contribution in [0, 0.1) is 17.8 Å². The Morgan fingerprint density at radius 2 is 1.76 bits per heavy atom. The molecule has 6 nitrogen and oxygen atoms in total. The largest absolute Gasteiger partial charge is 0.370 e. The topological polar surface area (TPSA) is 87.5 Å². The smallest absolute Gasteiger partial charge is 0.224 e. The van der Waals surface area contributed by atoms with Crippen LogP contribution in [0.3, 0.4) is 0 Å². The minimum Gasteiger partial charge on any atom is -0.370 e. The van der Waals surface area contributed by atoms with Crippen LogP contribution in [0.4, 0.5) is 11.4 Å². The van der Waals surface area contributed by atoms with Gasteiger partial charge in [0.25, 0.3) is 0 Å². The monoisotopic (exact) mass is 444 g/mol. The molecule has 2 amide bonds. The molecule has 29 heavy (non-hydrogen) atoms. The van der Waals surface area contributed by atoms with E-state index in [4.69, 9.17) is 5.73 Å². The first kappa shape index (κ1) is 25.5. The van der Waals surface area contributed by atoms with Crippen molar-refractivity contribution in [2.45, 2.75) is 39.0 Å². The summed E-state index contributed by atoms with van der Waals surface area (Å²) in [4.78, 5) is 26.3. The third-order valence-electron chi connectivity index (χ3n) is 6.11. The quantitative estimate of drug-likeness (QED) is 0.628. The number of hydrogen-bond acceptors (Lipinski definition) is 4. The molecule has 164 valence electrons. The van der Waals surface area contributed by atoms with Gasteiger partial charge in [-0.3, -0.25) is 9.59 Å². The van der Waals surface area contributed by atoms with Gasteiger partial charge in [0, 0.05) is 25.4 Å². The fraction of sp³-hybridized carbons (Fsp3) is 0.619. The highest BCUT2D eigenvalue weighted by molar-refractivity contribution is 5.94. The molecule has 2 saturated heterocycles. The lowest BCUT2D eigenvalue weighted by molar-refractivity contribution is -0.122. The summed E-state index contributed by atoms with van der Waals surface area (Å²) in [5, 5.41) is 6.51. The van der Waals surface area contributed by atoms with Crippen molar-refractivity contribution in [1.82, 2.24) is 5.32 Å². The number of halogens is 2. The molecule has 1 atom stereocenters. The molecule has 2 fully saturated rings. The number of carbonyl (C=O) groups is 2. The van der Waals surface area contributed by atoms with Gasteiger partial charge in [-0.25, -0.2) is 0 Å². The molecule has 2 aliphatic rings. The number of carbonyl (C=O) groups excluding carboxylic acids is 2. The molecule has 2 heterocycles. The van der Waals surface area contributed by atoms with Gasteiger partial charge in [0.15, 0.2) is 0 Å². The van der Waals surface area contributed by atoms with Crippen molar-refractivity contribution in [1.29, 1.82) is 0 Å². The fourth-order valence-corrected chi connectivity index (χ4v) is 4.33. The van der Waals surface area contributed by atoms with Crippen molar-refractivity contribution >= 4 is 48.0 Å². The van der Waals surface area contributed by atoms with Crippen molar-refractivity contribution in [2.24, 2.45) is 23.5 Å². The van der Waals surface area contributed by atoms with Gasteiger partial charge in [0.05, 0.1) is 11.4 Å². The number of nitrogens with two attached hydrogens (primary N) is 1. The first-order chi connectivity index (χ1) is 13.0. The summed E-state index contributed by atoms with van der Waals surface area (Å²) in [6, 6.07) is 7.94. The number of nitrogens with one attached hydrogen (secondary N) is 2. The Kier molecular flexibility index (Phi) is 10.8. The number of hydrogen-bond donors (Lipinski definition) is 3. The number of benzene rings is 1. The zero-order chi connectivity index (χ0) is 19.2. The van der Waals surface area contributed by atoms with E-state index in [1.165, 1.54) is 0 Å². The highest BCUT2D eigenvalue weighted by atomic mass is 35.5. The Bertz CT molecular complexity index is 660. The second-order valence-corrected chi connectivity index (χ2v) is 8.00. The Morgan fingerprint density at radius 3 is 2.38 bits per heavy atom. The molecule has 1 aromatic carbocycles. The predicted octanol–water partition coefficient (Wildman–Crippen LogP) is 3.20. The maximum absolute atomic E-state index is 12.6. The van der Waals surface area contributed by atoms with Crippen LogP contribution in [-0.4, -0.2) is 38.0 Å². The lowest BCUT2D eigenvalue weighted by atomic mass is 9.84. The number of para-hydroxylation sites is 2. The van der Waals surface area contributed by atoms with Gasteiger partial charge in [0.1, 0.15) is 0 Å². The second kappa shape index (κ2) is 12.3. The van der Waals surface area contributed by atoms with Crippen LogP contribution in [0.25, 0.3) is 0 Å². The molecular weight excluding hydrogens is 411 g/mol. The van der Waals surface area contributed by atoms with Crippen LogP contribution in [0.2, 0.25) is 0 Å². The maximum Gasteiger partial charge on any atom is 0.224 e. The van der Waals surface area contributed by atoms with E-state index in [-0.39, 0.29) is 42.5 Å². The summed E-state index contributed by atoms with van der Waals surface area (Å²) in [6.45, 7) is 5.87. The molecule has 0 radical (unpaired) electrons. The predicted molar refractivity (Wildman–Crippen MR) is 123 cm³/mol. The van der Waals surface area contributed by atoms with E-state index in [9.17, 15) is 9.59 Å². The van der Waals surface area contributed by atoms with Crippen LogP contribution in [0.5, 0.6) is 0 Å². The van der Waals surface area contributed by atoms with Crippen LogP contribution in [0.15, 0.2) is 24.3 Å². The molecule has 1 aromatic rings. The molecule has 0 aliphatic carbocycles. The molecule has 0 spiro atoms. The highest BCUT2D eigenvalue weighted by Crippen LogP contribution is 2.31. The van der Waals surface area contributed by atoms with Crippen LogP contribution in [-0.2, 0) is 9.59 Å². The van der Waals surface area contributed by atoms with Gasteiger partial charge < -0.3 is 21.3 Å². The molecule has 0 aromatic heterocycles. The molecular formula is C21H34Cl2N4O2. The average molecular weight is 445 g/mol. The minimum absolute atomic E-state index is 0. The third kappa shape index (κ3) is 7.05. The zero-order valence-electron chi connectivity index (χ0n) is 17.1. The van der Waals surface area contributed by atoms with E-state index < -0.39 is 0 Å². The molecule has 8 heteroatoms. The van der Waals surface area contributed by atoms with Crippen molar-refractivity contribution in [3.63, 3.8) is 0 Å². The van der Waals surface area contributed by atoms with Gasteiger partial charge in [-0.1, -0.05) is 19.1 Å². The van der Waals surface area contributed by atoms with Crippen molar-refractivity contribution in [2.75, 3.05) is 36.4 Å². The number of rotatable bonds is 6. The van der Waals surface area contributed by atoms with E-state index in [0.717, 1.165) is 63.2 Å². The second-order valence-electron chi connectivity index (χ2n) is 8.00. The number of piperidine rings is 2. The first-order valence-corrected chi connectivity index (χ1v) is 10.2. The Hall–Kier alpha value is -1.50. The van der Waals surface area contributed by atoms with Crippen LogP contribution >= 0.6 is 24.8 Å². The van der Waals surface area contributed by atoms with E-state index in [0.29, 0.717) is 18.3 Å². The summed E-state index contributed by atoms with van der Waals surface area (Å²) in [7, 11) is 0. The normalized spacial score (nSPS) is 18.9. The van der Waals surface area contributed by atoms with E-state index in [1.807, 2.05) is 24.3 Å². The molecule has 4 N–H and O–H groups in total. The average Bonchev–Trinajstić information content (AvgIpc) is 2.69. The Morgan fingerprint density at radius 1 is 1.14 bits per heavy atom. The minimum atomic E-state index is -0.205. The van der Waals surface area contributed by atoms with E-state index in [1.54, 1.807) is 0 Å². The number of primary amides is 1. The lowest BCUT2D eigenvalue weighted by Crippen LogP contribution is -2.39. The first-order valence-electron chi connectivity index (χ1n) is 10.2. The SMILES string of the molecule is CC(CC(=O)Nc1ccccc1N1CCC(C(N)=O)CC1)C1CCNCC1.Cl.Cl. The molecule has 1 unspecified atom stereocenters. The summed E-state index contributed by atoms with van der Waals surface area (Å²) in [6.07, 6.45) is 4.40. The standard InChI is InChI=1S/C21H32N4O2.2ClH/c1-15(16-6-10-23-11-7-16)14-20(26)24-18-4-2-3-5-19(18)25-12-8-17(9-13-25)21(22)27;;/h2-5,15-17,23H,6-14H2,1H3,(H2,22,27)(H,24,26);2*1H. The summed E-state index contributed by atoms with van der Waals surface area (Å²) < 4.78 is 0. The van der Waals surface area contributed by atoms with Crippen LogP contribution < -0.4 is 21.3 Å². The van der Waals surface area contributed by atoms with Gasteiger partial charge in [0.2, 0.25) is 11.8 Å². The van der Waals surface area contributed by atoms with Gasteiger partial charge >= 0.3 is 0 Å². The van der Waals surface area contributed by atoms with Gasteiger partial charge in [-0.2, -0.15) is 0 Å². The number of anilines is 2. The Labute approximate surface area is 186 Å². The summed E-state index contributed by atoms with van der Waals surface area (Å²) >= 11 is 0. The third-order valence-corrected chi connectivity index (χ3v) is 6.11. The number of amides is 2. The number of nitrogens with zero attached hydrogens (tertiary/aromatic N) is 1. The molecule has 0 bridgehead atoms. The molecule has 0 saturated carbocycles. The van der Waals surface area contributed by atoms with Crippen LogP contribution in [0.1, 0.15) is 39.0 Å². The van der Waals surface area contributed by atoms with Crippen molar-refractivity contribution < 1.29 is 9.59 Å². The highest BCUT2D eigenvalue weighted by Gasteiger charge is 2.25. The summed E-state index contributed by atoms with van der Waals surface area (Å²) in [5.41, 5.74) is 7.33. The summed E-state index contributed by atoms with van der Waals surface area (Å²) in [5.74, 6) is 0.864. The van der Waals surface area contributed by atoms with Gasteiger partial charge in [-0.05, 0) is 62.7 Å². The van der Waals surface area contributed by atoms with E-state index >= 15 is 0 Å². The lowest BCUT2D eigenvalue weighted by Gasteiger charge is -2.33. The van der Waals surface area contributed by atoms with E-state index in [2.05, 4.69) is 22.5 Å². The maximum atomic E-state index is 12.6. The van der Waals surface area contributed by atoms with Crippen molar-refractivity contribution in [3.05, 3.63) is 24.3 Å². The Balaban J connectivity index is 0.00000210. The molecule has 2 aliphatic heterocycles. The van der Waals surface area contributed by atoms with Crippen molar-refractivity contribution in [3.8, 4) is 0 Å². The zero-order valence-corrected chi connectivity index (χ0v) is 18.7.